The number of nitrogen functional groups attached to an aromatic ring is 1. The SMILES string of the molecule is CNC(=O)c1cnc(Cl)cc1Cl.CNC(=O)c1cnc(Cl)cc1Nc1ccccc1C(N)=O.NC(=O)c1ccccc1N.[2H]CS.[H-].[Na+]. The molecule has 0 radical (unpaired) electrons. The Kier molecular flexibility index (Phi) is 19.4. The predicted molar refractivity (Wildman–Crippen MR) is 184 cm³/mol. The second-order valence-electron chi connectivity index (χ2n) is 8.18. The fourth-order valence-corrected chi connectivity index (χ4v) is 3.84. The van der Waals surface area contributed by atoms with E-state index in [0.29, 0.717) is 44.3 Å². The van der Waals surface area contributed by atoms with Crippen LogP contribution in [0.2, 0.25) is 15.3 Å². The van der Waals surface area contributed by atoms with Gasteiger partial charge in [-0.15, -0.1) is 0 Å². The van der Waals surface area contributed by atoms with Crippen LogP contribution in [0.25, 0.3) is 0 Å². The number of nitrogens with two attached hydrogens (primary N) is 3. The van der Waals surface area contributed by atoms with Crippen LogP contribution in [-0.4, -0.2) is 53.9 Å². The third-order valence-electron chi connectivity index (χ3n) is 5.32. The molecule has 9 N–H and O–H groups in total. The largest absolute Gasteiger partial charge is 1.00 e. The standard InChI is InChI=1S/C14H13ClN4O2.C7H6Cl2N2O.C7H8N2O.CH4S.Na.H/c1-17-14(21)9-7-18-12(15)6-11(9)19-10-5-3-2-4-8(10)13(16)20;1-10-7(12)4-3-11-6(9)2-5(4)8;8-6-4-2-1-3-5(6)7(9)10;1-2;;/h2-7H,1H3,(H2,16,20)(H,17,21)(H,18,19);2-3H,1H3,(H,10,12);1-4H,8H2,(H2,9,10);2H,1H3;;/q;;;;+1;-1/i;;;1D;;. The van der Waals surface area contributed by atoms with E-state index in [1.54, 1.807) is 48.5 Å². The summed E-state index contributed by atoms with van der Waals surface area (Å²) in [5, 5.41) is 8.73. The van der Waals surface area contributed by atoms with Crippen LogP contribution >= 0.6 is 47.4 Å². The fourth-order valence-electron chi connectivity index (χ4n) is 3.23. The van der Waals surface area contributed by atoms with Gasteiger partial charge in [-0.3, -0.25) is 19.2 Å². The Morgan fingerprint density at radius 3 is 1.70 bits per heavy atom. The number of carbonyl (C=O) groups excluding carboxylic acids is 4. The zero-order chi connectivity index (χ0) is 34.8. The number of hydrogen-bond donors (Lipinski definition) is 7. The number of aromatic nitrogens is 2. The summed E-state index contributed by atoms with van der Waals surface area (Å²) in [7, 11) is 3.03. The van der Waals surface area contributed by atoms with Crippen LogP contribution in [-0.2, 0) is 0 Å². The quantitative estimate of drug-likeness (QED) is 0.0674. The molecule has 0 unspecified atom stereocenters. The molecule has 0 bridgehead atoms. The van der Waals surface area contributed by atoms with E-state index in [9.17, 15) is 19.2 Å². The molecular formula is C29H32Cl3N8NaO4S. The van der Waals surface area contributed by atoms with Gasteiger partial charge in [-0.05, 0) is 42.6 Å². The van der Waals surface area contributed by atoms with E-state index in [4.69, 9.17) is 53.4 Å². The Balaban J connectivity index is 0. The van der Waals surface area contributed by atoms with Crippen molar-refractivity contribution in [3.8, 4) is 0 Å². The van der Waals surface area contributed by atoms with E-state index in [0.717, 1.165) is 0 Å². The average molecular weight is 719 g/mol. The van der Waals surface area contributed by atoms with Crippen LogP contribution in [0.1, 0.15) is 44.2 Å². The minimum absolute atomic E-state index is 0. The second-order valence-corrected chi connectivity index (χ2v) is 9.37. The molecule has 0 saturated carbocycles. The Hall–Kier alpha value is -3.56. The first-order valence-corrected chi connectivity index (χ1v) is 14.2. The number of amides is 4. The zero-order valence-electron chi connectivity index (χ0n) is 27.0. The van der Waals surface area contributed by atoms with Gasteiger partial charge in [0.05, 0.1) is 38.7 Å². The van der Waals surface area contributed by atoms with Crippen molar-refractivity contribution in [1.29, 1.82) is 0 Å². The summed E-state index contributed by atoms with van der Waals surface area (Å²) < 4.78 is 6.07. The number of carbonyl (C=O) groups is 4. The van der Waals surface area contributed by atoms with Gasteiger partial charge in [0.2, 0.25) is 0 Å². The molecule has 4 rings (SSSR count). The van der Waals surface area contributed by atoms with Crippen molar-refractivity contribution in [3.63, 3.8) is 0 Å². The maximum Gasteiger partial charge on any atom is 1.00 e. The van der Waals surface area contributed by atoms with Crippen molar-refractivity contribution in [2.45, 2.75) is 0 Å². The van der Waals surface area contributed by atoms with Crippen molar-refractivity contribution in [2.75, 3.05) is 31.4 Å². The van der Waals surface area contributed by atoms with Crippen LogP contribution in [0.5, 0.6) is 0 Å². The summed E-state index contributed by atoms with van der Waals surface area (Å²) >= 11 is 20.6. The summed E-state index contributed by atoms with van der Waals surface area (Å²) in [6.07, 6.45) is 2.89. The van der Waals surface area contributed by atoms with Crippen LogP contribution in [0.15, 0.2) is 73.1 Å². The molecule has 0 saturated heterocycles. The van der Waals surface area contributed by atoms with Crippen molar-refractivity contribution < 1.29 is 51.5 Å². The van der Waals surface area contributed by atoms with Crippen molar-refractivity contribution in [1.82, 2.24) is 20.6 Å². The number of benzene rings is 2. The van der Waals surface area contributed by atoms with Crippen LogP contribution in [0.4, 0.5) is 17.1 Å². The molecule has 4 amide bonds. The van der Waals surface area contributed by atoms with E-state index < -0.39 is 11.8 Å². The molecule has 0 atom stereocenters. The van der Waals surface area contributed by atoms with Crippen LogP contribution in [0.3, 0.4) is 0 Å². The number of hydrogen-bond acceptors (Lipinski definition) is 9. The number of thiol groups is 1. The monoisotopic (exact) mass is 717 g/mol. The van der Waals surface area contributed by atoms with E-state index in [-0.39, 0.29) is 59.3 Å². The summed E-state index contributed by atoms with van der Waals surface area (Å²) in [4.78, 5) is 52.5. The summed E-state index contributed by atoms with van der Waals surface area (Å²) in [6, 6.07) is 16.4. The molecule has 2 heterocycles. The Morgan fingerprint density at radius 2 is 1.22 bits per heavy atom. The molecule has 0 spiro atoms. The topological polar surface area (TPSA) is 208 Å². The van der Waals surface area contributed by atoms with Crippen LogP contribution < -0.4 is 62.7 Å². The number of para-hydroxylation sites is 2. The third kappa shape index (κ3) is 13.4. The molecule has 0 fully saturated rings. The summed E-state index contributed by atoms with van der Waals surface area (Å²) in [6.45, 7) is 0. The molecule has 0 aliphatic rings. The van der Waals surface area contributed by atoms with Crippen molar-refractivity contribution >= 4 is 88.1 Å². The third-order valence-corrected chi connectivity index (χ3v) is 6.05. The maximum absolute atomic E-state index is 11.8. The number of halogens is 3. The van der Waals surface area contributed by atoms with Gasteiger partial charge in [-0.25, -0.2) is 9.97 Å². The maximum atomic E-state index is 11.8. The molecule has 4 aromatic rings. The second kappa shape index (κ2) is 22.0. The molecular weight excluding hydrogens is 686 g/mol. The molecule has 46 heavy (non-hydrogen) atoms. The summed E-state index contributed by atoms with van der Waals surface area (Å²) in [5.74, 6) is -1.65. The molecule has 2 aromatic carbocycles. The van der Waals surface area contributed by atoms with Gasteiger partial charge in [0, 0.05) is 33.5 Å². The molecule has 0 aliphatic carbocycles. The van der Waals surface area contributed by atoms with Gasteiger partial charge in [0.25, 0.3) is 23.6 Å². The van der Waals surface area contributed by atoms with Crippen molar-refractivity contribution in [3.05, 3.63) is 111 Å². The molecule has 0 aliphatic heterocycles. The van der Waals surface area contributed by atoms with Gasteiger partial charge < -0.3 is 34.6 Å². The van der Waals surface area contributed by atoms with Crippen LogP contribution in [0, 0.1) is 0 Å². The van der Waals surface area contributed by atoms with Gasteiger partial charge in [-0.2, -0.15) is 12.6 Å². The Labute approximate surface area is 311 Å². The number of nitrogens with one attached hydrogen (secondary N) is 3. The van der Waals surface area contributed by atoms with E-state index in [1.165, 1.54) is 38.6 Å². The number of anilines is 3. The molecule has 12 nitrogen and oxygen atoms in total. The number of nitrogens with zero attached hydrogens (tertiary/aromatic N) is 2. The van der Waals surface area contributed by atoms with Gasteiger partial charge in [0.15, 0.2) is 0 Å². The normalized spacial score (nSPS) is 9.48. The average Bonchev–Trinajstić information content (AvgIpc) is 3.02. The Morgan fingerprint density at radius 1 is 0.761 bits per heavy atom. The van der Waals surface area contributed by atoms with Gasteiger partial charge in [-0.1, -0.05) is 59.1 Å². The van der Waals surface area contributed by atoms with E-state index in [1.807, 2.05) is 0 Å². The summed E-state index contributed by atoms with van der Waals surface area (Å²) in [5.41, 5.74) is 18.4. The first kappa shape index (κ1) is 40.5. The minimum Gasteiger partial charge on any atom is -1.00 e. The number of pyridine rings is 2. The number of rotatable bonds is 6. The van der Waals surface area contributed by atoms with Crippen molar-refractivity contribution in [2.24, 2.45) is 11.5 Å². The predicted octanol–water partition coefficient (Wildman–Crippen LogP) is 1.72. The Bertz CT molecular complexity index is 1680. The molecule has 17 heteroatoms. The van der Waals surface area contributed by atoms with E-state index >= 15 is 0 Å². The minimum atomic E-state index is -0.570. The fraction of sp³-hybridized carbons (Fsp3) is 0.103. The number of primary amides is 2. The first-order chi connectivity index (χ1) is 21.8. The molecule has 240 valence electrons. The smallest absolute Gasteiger partial charge is 1.00 e. The van der Waals surface area contributed by atoms with Gasteiger partial charge in [0.1, 0.15) is 10.3 Å². The van der Waals surface area contributed by atoms with E-state index in [2.05, 4.69) is 38.5 Å². The molecule has 2 aromatic heterocycles. The van der Waals surface area contributed by atoms with Gasteiger partial charge >= 0.3 is 29.6 Å². The first-order valence-electron chi connectivity index (χ1n) is 13.1. The zero-order valence-corrected chi connectivity index (χ0v) is 30.1.